The van der Waals surface area contributed by atoms with Gasteiger partial charge in [-0.1, -0.05) is 24.3 Å². The van der Waals surface area contributed by atoms with Gasteiger partial charge in [0, 0.05) is 0 Å². The molecule has 0 radical (unpaired) electrons. The fourth-order valence-electron chi connectivity index (χ4n) is 2.57. The van der Waals surface area contributed by atoms with E-state index in [-0.39, 0.29) is 17.8 Å². The Morgan fingerprint density at radius 1 is 1.21 bits per heavy atom. The molecule has 2 aromatic rings. The van der Waals surface area contributed by atoms with E-state index in [0.29, 0.717) is 24.3 Å². The van der Waals surface area contributed by atoms with Crippen molar-refractivity contribution in [2.45, 2.75) is 17.8 Å². The lowest BCUT2D eigenvalue weighted by Crippen LogP contribution is -2.32. The van der Waals surface area contributed by atoms with Gasteiger partial charge in [-0.05, 0) is 48.1 Å². The second-order valence-electron chi connectivity index (χ2n) is 5.88. The van der Waals surface area contributed by atoms with Crippen LogP contribution in [0.2, 0.25) is 0 Å². The first kappa shape index (κ1) is 21.7. The fraction of sp³-hybridized carbons (Fsp3) is 0.300. The van der Waals surface area contributed by atoms with Crippen molar-refractivity contribution in [3.8, 4) is 11.5 Å². The van der Waals surface area contributed by atoms with E-state index >= 15 is 0 Å². The van der Waals surface area contributed by atoms with Crippen molar-refractivity contribution >= 4 is 24.1 Å². The molecule has 7 nitrogen and oxygen atoms in total. The number of benzene rings is 2. The Hall–Kier alpha value is -2.55. The molecule has 0 aliphatic rings. The second-order valence-corrected chi connectivity index (χ2v) is 6.92. The minimum Gasteiger partial charge on any atom is -0.497 e. The van der Waals surface area contributed by atoms with Crippen molar-refractivity contribution in [2.75, 3.05) is 20.0 Å². The molecule has 2 aromatic carbocycles. The maximum absolute atomic E-state index is 11.8. The van der Waals surface area contributed by atoms with Gasteiger partial charge in [0.15, 0.2) is 6.10 Å². The first-order valence-corrected chi connectivity index (χ1v) is 9.82. The lowest BCUT2D eigenvalue weighted by molar-refractivity contribution is -0.286. The molecule has 0 aliphatic heterocycles. The van der Waals surface area contributed by atoms with Crippen LogP contribution >= 0.6 is 11.8 Å². The predicted octanol–water partition coefficient (Wildman–Crippen LogP) is 2.85. The van der Waals surface area contributed by atoms with Gasteiger partial charge in [0.05, 0.1) is 12.4 Å². The third kappa shape index (κ3) is 6.26. The fourth-order valence-corrected chi connectivity index (χ4v) is 3.21. The molecule has 8 heteroatoms. The highest BCUT2D eigenvalue weighted by atomic mass is 32.2. The Morgan fingerprint density at radius 3 is 2.57 bits per heavy atom. The Labute approximate surface area is 167 Å². The average Bonchev–Trinajstić information content (AvgIpc) is 2.73. The Bertz CT molecular complexity index is 768. The van der Waals surface area contributed by atoms with Crippen LogP contribution in [0.1, 0.15) is 17.2 Å². The number of hydrogen-bond donors (Lipinski definition) is 2. The molecule has 28 heavy (non-hydrogen) atoms. The SMILES string of the molecule is COc1cccc(C(COc2ccc(CC(SC)C(=O)NC=O)cc2)OO)c1. The van der Waals surface area contributed by atoms with E-state index in [1.165, 1.54) is 11.8 Å². The van der Waals surface area contributed by atoms with E-state index in [4.69, 9.17) is 9.47 Å². The first-order chi connectivity index (χ1) is 13.6. The molecule has 150 valence electrons. The van der Waals surface area contributed by atoms with E-state index < -0.39 is 6.10 Å². The molecule has 0 saturated heterocycles. The number of ether oxygens (including phenoxy) is 2. The second kappa shape index (κ2) is 11.3. The van der Waals surface area contributed by atoms with Gasteiger partial charge in [-0.3, -0.25) is 20.2 Å². The summed E-state index contributed by atoms with van der Waals surface area (Å²) in [5, 5.41) is 11.0. The molecular formula is C20H23NO6S. The molecule has 0 aromatic heterocycles. The summed E-state index contributed by atoms with van der Waals surface area (Å²) in [6.45, 7) is 0.109. The largest absolute Gasteiger partial charge is 0.497 e. The van der Waals surface area contributed by atoms with E-state index in [0.717, 1.165) is 11.1 Å². The number of nitrogens with one attached hydrogen (secondary N) is 1. The summed E-state index contributed by atoms with van der Waals surface area (Å²) in [5.74, 6) is 0.946. The zero-order valence-electron chi connectivity index (χ0n) is 15.7. The topological polar surface area (TPSA) is 94.1 Å². The molecule has 0 heterocycles. The van der Waals surface area contributed by atoms with Crippen LogP contribution in [0.3, 0.4) is 0 Å². The van der Waals surface area contributed by atoms with Crippen LogP contribution in [0.15, 0.2) is 48.5 Å². The maximum Gasteiger partial charge on any atom is 0.239 e. The van der Waals surface area contributed by atoms with Gasteiger partial charge in [0.1, 0.15) is 18.1 Å². The third-order valence-corrected chi connectivity index (χ3v) is 5.07. The zero-order valence-corrected chi connectivity index (χ0v) is 16.5. The number of hydrogen-bond acceptors (Lipinski definition) is 7. The molecule has 0 aliphatic carbocycles. The van der Waals surface area contributed by atoms with Crippen LogP contribution in [0, 0.1) is 0 Å². The van der Waals surface area contributed by atoms with Crippen molar-refractivity contribution in [1.82, 2.24) is 5.32 Å². The number of carbonyl (C=O) groups excluding carboxylic acids is 2. The van der Waals surface area contributed by atoms with E-state index in [9.17, 15) is 14.8 Å². The summed E-state index contributed by atoms with van der Waals surface area (Å²) in [6, 6.07) is 14.4. The van der Waals surface area contributed by atoms with Crippen LogP contribution in [0.4, 0.5) is 0 Å². The molecule has 0 saturated carbocycles. The van der Waals surface area contributed by atoms with Gasteiger partial charge < -0.3 is 9.47 Å². The van der Waals surface area contributed by atoms with Crippen LogP contribution in [0.25, 0.3) is 0 Å². The molecule has 2 rings (SSSR count). The van der Waals surface area contributed by atoms with Crippen LogP contribution < -0.4 is 14.8 Å². The molecule has 2 N–H and O–H groups in total. The summed E-state index contributed by atoms with van der Waals surface area (Å²) in [5.41, 5.74) is 1.66. The molecule has 2 unspecified atom stereocenters. The van der Waals surface area contributed by atoms with Crippen molar-refractivity contribution in [3.05, 3.63) is 59.7 Å². The molecular weight excluding hydrogens is 382 g/mol. The number of methoxy groups -OCH3 is 1. The van der Waals surface area contributed by atoms with Gasteiger partial charge >= 0.3 is 0 Å². The van der Waals surface area contributed by atoms with Crippen LogP contribution in [0.5, 0.6) is 11.5 Å². The van der Waals surface area contributed by atoms with Gasteiger partial charge in [-0.2, -0.15) is 11.8 Å². The van der Waals surface area contributed by atoms with E-state index in [2.05, 4.69) is 10.2 Å². The van der Waals surface area contributed by atoms with Gasteiger partial charge in [-0.15, -0.1) is 0 Å². The monoisotopic (exact) mass is 405 g/mol. The lowest BCUT2D eigenvalue weighted by atomic mass is 10.1. The standard InChI is InChI=1S/C20H23NO6S/c1-25-17-5-3-4-15(11-17)18(27-24)12-26-16-8-6-14(7-9-16)10-19(28-2)20(23)21-13-22/h3-9,11,13,18-19,24H,10,12H2,1-2H3,(H,21,22,23). The van der Waals surface area contributed by atoms with Gasteiger partial charge in [0.2, 0.25) is 12.3 Å². The summed E-state index contributed by atoms with van der Waals surface area (Å²) in [6.07, 6.45) is 2.04. The number of imide groups is 1. The van der Waals surface area contributed by atoms with E-state index in [1.807, 2.05) is 24.5 Å². The summed E-state index contributed by atoms with van der Waals surface area (Å²) in [4.78, 5) is 26.8. The van der Waals surface area contributed by atoms with Crippen molar-refractivity contribution in [2.24, 2.45) is 0 Å². The zero-order chi connectivity index (χ0) is 20.4. The highest BCUT2D eigenvalue weighted by Gasteiger charge is 2.18. The number of amides is 2. The predicted molar refractivity (Wildman–Crippen MR) is 107 cm³/mol. The van der Waals surface area contributed by atoms with Gasteiger partial charge in [0.25, 0.3) is 0 Å². The minimum atomic E-state index is -0.664. The molecule has 2 atom stereocenters. The minimum absolute atomic E-state index is 0.109. The van der Waals surface area contributed by atoms with E-state index in [1.54, 1.807) is 37.4 Å². The summed E-state index contributed by atoms with van der Waals surface area (Å²) < 4.78 is 10.9. The number of rotatable bonds is 11. The summed E-state index contributed by atoms with van der Waals surface area (Å²) >= 11 is 1.38. The summed E-state index contributed by atoms with van der Waals surface area (Å²) in [7, 11) is 1.57. The van der Waals surface area contributed by atoms with Crippen molar-refractivity contribution in [3.63, 3.8) is 0 Å². The normalized spacial score (nSPS) is 12.7. The smallest absolute Gasteiger partial charge is 0.239 e. The van der Waals surface area contributed by atoms with Crippen molar-refractivity contribution in [1.29, 1.82) is 0 Å². The Morgan fingerprint density at radius 2 is 1.96 bits per heavy atom. The molecule has 0 spiro atoms. The van der Waals surface area contributed by atoms with Crippen molar-refractivity contribution < 1.29 is 29.2 Å². The number of carbonyl (C=O) groups is 2. The van der Waals surface area contributed by atoms with Crippen LogP contribution in [-0.2, 0) is 20.9 Å². The quantitative estimate of drug-likeness (QED) is 0.337. The Balaban J connectivity index is 1.95. The third-order valence-electron chi connectivity index (χ3n) is 4.12. The molecule has 2 amide bonds. The highest BCUT2D eigenvalue weighted by Crippen LogP contribution is 2.23. The molecule has 0 bridgehead atoms. The Kier molecular flexibility index (Phi) is 8.80. The van der Waals surface area contributed by atoms with Gasteiger partial charge in [-0.25, -0.2) is 4.89 Å². The first-order valence-electron chi connectivity index (χ1n) is 8.54. The highest BCUT2D eigenvalue weighted by molar-refractivity contribution is 7.99. The lowest BCUT2D eigenvalue weighted by Gasteiger charge is -2.16. The van der Waals surface area contributed by atoms with Crippen LogP contribution in [-0.4, -0.2) is 42.8 Å². The number of thioether (sulfide) groups is 1. The average molecular weight is 405 g/mol. The molecule has 0 fully saturated rings. The maximum atomic E-state index is 11.8.